The average Bonchev–Trinajstić information content (AvgIpc) is 2.35. The van der Waals surface area contributed by atoms with Gasteiger partial charge in [-0.2, -0.15) is 0 Å². The van der Waals surface area contributed by atoms with Crippen molar-refractivity contribution < 1.29 is 9.59 Å². The zero-order valence-corrected chi connectivity index (χ0v) is 10.3. The van der Waals surface area contributed by atoms with Gasteiger partial charge in [-0.3, -0.25) is 9.59 Å². The van der Waals surface area contributed by atoms with Crippen LogP contribution in [-0.4, -0.2) is 48.4 Å². The third-order valence-corrected chi connectivity index (χ3v) is 3.05. The highest BCUT2D eigenvalue weighted by molar-refractivity contribution is 5.82. The third kappa shape index (κ3) is 4.32. The number of carbonyl (C=O) groups is 2. The number of piperidine rings is 1. The first kappa shape index (κ1) is 13.9. The lowest BCUT2D eigenvalue weighted by molar-refractivity contribution is -0.134. The monoisotopic (exact) mass is 242 g/mol. The molecular weight excluding hydrogens is 220 g/mol. The normalized spacial score (nSPS) is 19.8. The lowest BCUT2D eigenvalue weighted by Gasteiger charge is -2.29. The molecule has 2 amide bonds. The highest BCUT2D eigenvalue weighted by atomic mass is 16.2. The molecule has 1 fully saturated rings. The maximum absolute atomic E-state index is 12.0. The summed E-state index contributed by atoms with van der Waals surface area (Å²) in [5.41, 5.74) is 10.5. The summed E-state index contributed by atoms with van der Waals surface area (Å²) in [6.07, 6.45) is 3.33. The van der Waals surface area contributed by atoms with Crippen molar-refractivity contribution in [3.63, 3.8) is 0 Å². The van der Waals surface area contributed by atoms with Gasteiger partial charge in [0, 0.05) is 19.6 Å². The molecule has 1 aliphatic heterocycles. The quantitative estimate of drug-likeness (QED) is 0.563. The van der Waals surface area contributed by atoms with E-state index >= 15 is 0 Å². The van der Waals surface area contributed by atoms with E-state index in [0.717, 1.165) is 25.9 Å². The molecule has 1 saturated heterocycles. The minimum Gasteiger partial charge on any atom is -0.368 e. The fourth-order valence-corrected chi connectivity index (χ4v) is 1.88. The molecule has 0 aliphatic carbocycles. The second kappa shape index (κ2) is 6.56. The molecule has 0 bridgehead atoms. The summed E-state index contributed by atoms with van der Waals surface area (Å²) >= 11 is 0. The van der Waals surface area contributed by atoms with E-state index in [1.807, 2.05) is 4.90 Å². The number of carbonyl (C=O) groups excluding carboxylic acids is 2. The Morgan fingerprint density at radius 3 is 2.41 bits per heavy atom. The zero-order chi connectivity index (χ0) is 12.8. The van der Waals surface area contributed by atoms with E-state index in [1.165, 1.54) is 6.42 Å². The Balaban J connectivity index is 2.33. The number of nitrogens with two attached hydrogens (primary N) is 2. The van der Waals surface area contributed by atoms with Crippen LogP contribution >= 0.6 is 0 Å². The first-order chi connectivity index (χ1) is 8.02. The number of amides is 2. The van der Waals surface area contributed by atoms with Gasteiger partial charge in [-0.05, 0) is 26.2 Å². The van der Waals surface area contributed by atoms with Crippen molar-refractivity contribution in [2.45, 2.75) is 38.3 Å². The largest absolute Gasteiger partial charge is 0.368 e. The predicted octanol–water partition coefficient (Wildman–Crippen LogP) is -1.21. The predicted molar refractivity (Wildman–Crippen MR) is 65.1 cm³/mol. The van der Waals surface area contributed by atoms with Gasteiger partial charge >= 0.3 is 0 Å². The molecule has 6 heteroatoms. The van der Waals surface area contributed by atoms with Gasteiger partial charge in [0.25, 0.3) is 0 Å². The number of hydrogen-bond acceptors (Lipinski definition) is 4. The highest BCUT2D eigenvalue weighted by Crippen LogP contribution is 2.09. The Morgan fingerprint density at radius 1 is 1.29 bits per heavy atom. The molecule has 0 aromatic rings. The van der Waals surface area contributed by atoms with Crippen molar-refractivity contribution in [3.8, 4) is 0 Å². The molecule has 0 spiro atoms. The fraction of sp³-hybridized carbons (Fsp3) is 0.818. The Hall–Kier alpha value is -1.14. The van der Waals surface area contributed by atoms with Gasteiger partial charge in [-0.25, -0.2) is 0 Å². The third-order valence-electron chi connectivity index (χ3n) is 3.05. The van der Waals surface area contributed by atoms with Crippen LogP contribution in [0, 0.1) is 0 Å². The first-order valence-corrected chi connectivity index (χ1v) is 6.09. The van der Waals surface area contributed by atoms with E-state index in [0.29, 0.717) is 0 Å². The Bertz CT molecular complexity index is 277. The van der Waals surface area contributed by atoms with Crippen LogP contribution in [0.15, 0.2) is 0 Å². The molecule has 2 atom stereocenters. The van der Waals surface area contributed by atoms with Crippen LogP contribution in [0.3, 0.4) is 0 Å². The van der Waals surface area contributed by atoms with Crippen LogP contribution in [0.25, 0.3) is 0 Å². The molecule has 0 saturated carbocycles. The molecular formula is C11H22N4O2. The molecule has 1 heterocycles. The Labute approximate surface area is 102 Å². The van der Waals surface area contributed by atoms with Crippen LogP contribution in [0.4, 0.5) is 0 Å². The van der Waals surface area contributed by atoms with E-state index in [2.05, 4.69) is 5.32 Å². The number of likely N-dealkylation sites (tertiary alicyclic amines) is 1. The van der Waals surface area contributed by atoms with E-state index in [4.69, 9.17) is 11.5 Å². The van der Waals surface area contributed by atoms with Gasteiger partial charge in [-0.15, -0.1) is 0 Å². The molecule has 2 unspecified atom stereocenters. The maximum atomic E-state index is 12.0. The summed E-state index contributed by atoms with van der Waals surface area (Å²) in [6.45, 7) is 3.67. The molecule has 0 aromatic heterocycles. The second-order valence-corrected chi connectivity index (χ2v) is 4.52. The van der Waals surface area contributed by atoms with Gasteiger partial charge in [0.1, 0.15) is 0 Å². The summed E-state index contributed by atoms with van der Waals surface area (Å²) in [5, 5.41) is 2.94. The minimum atomic E-state index is -0.744. The standard InChI is InChI=1S/C11H22N4O2/c1-8(14-7-9(12)10(13)16)11(17)15-5-3-2-4-6-15/h8-9,14H,2-7,12H2,1H3,(H2,13,16). The smallest absolute Gasteiger partial charge is 0.239 e. The Kier molecular flexibility index (Phi) is 5.37. The van der Waals surface area contributed by atoms with Crippen LogP contribution in [0.2, 0.25) is 0 Å². The van der Waals surface area contributed by atoms with Crippen LogP contribution in [0.5, 0.6) is 0 Å². The van der Waals surface area contributed by atoms with E-state index < -0.39 is 11.9 Å². The molecule has 0 aromatic carbocycles. The molecule has 1 rings (SSSR count). The molecule has 17 heavy (non-hydrogen) atoms. The van der Waals surface area contributed by atoms with Gasteiger partial charge in [0.15, 0.2) is 0 Å². The van der Waals surface area contributed by atoms with Crippen LogP contribution in [0.1, 0.15) is 26.2 Å². The van der Waals surface area contributed by atoms with Crippen molar-refractivity contribution >= 4 is 11.8 Å². The van der Waals surface area contributed by atoms with Crippen LogP contribution < -0.4 is 16.8 Å². The topological polar surface area (TPSA) is 101 Å². The molecule has 5 N–H and O–H groups in total. The van der Waals surface area contributed by atoms with Crippen molar-refractivity contribution in [1.29, 1.82) is 0 Å². The molecule has 1 aliphatic rings. The van der Waals surface area contributed by atoms with Crippen molar-refractivity contribution in [2.75, 3.05) is 19.6 Å². The van der Waals surface area contributed by atoms with Crippen molar-refractivity contribution in [1.82, 2.24) is 10.2 Å². The van der Waals surface area contributed by atoms with E-state index in [9.17, 15) is 9.59 Å². The summed E-state index contributed by atoms with van der Waals surface area (Å²) in [6, 6.07) is -1.06. The fourth-order valence-electron chi connectivity index (χ4n) is 1.88. The van der Waals surface area contributed by atoms with Crippen molar-refractivity contribution in [2.24, 2.45) is 11.5 Å². The summed E-state index contributed by atoms with van der Waals surface area (Å²) in [4.78, 5) is 24.6. The first-order valence-electron chi connectivity index (χ1n) is 6.09. The maximum Gasteiger partial charge on any atom is 0.239 e. The SMILES string of the molecule is CC(NCC(N)C(N)=O)C(=O)N1CCCCC1. The lowest BCUT2D eigenvalue weighted by atomic mass is 10.1. The van der Waals surface area contributed by atoms with E-state index in [1.54, 1.807) is 6.92 Å². The second-order valence-electron chi connectivity index (χ2n) is 4.52. The molecule has 0 radical (unpaired) electrons. The highest BCUT2D eigenvalue weighted by Gasteiger charge is 2.22. The van der Waals surface area contributed by atoms with E-state index in [-0.39, 0.29) is 18.5 Å². The average molecular weight is 242 g/mol. The number of primary amides is 1. The summed E-state index contributed by atoms with van der Waals surface area (Å²) in [7, 11) is 0. The number of hydrogen-bond donors (Lipinski definition) is 3. The van der Waals surface area contributed by atoms with Gasteiger partial charge in [-0.1, -0.05) is 0 Å². The zero-order valence-electron chi connectivity index (χ0n) is 10.3. The van der Waals surface area contributed by atoms with Crippen molar-refractivity contribution in [3.05, 3.63) is 0 Å². The Morgan fingerprint density at radius 2 is 1.88 bits per heavy atom. The summed E-state index contributed by atoms with van der Waals surface area (Å²) < 4.78 is 0. The number of nitrogens with one attached hydrogen (secondary N) is 1. The number of nitrogens with zero attached hydrogens (tertiary/aromatic N) is 1. The number of rotatable bonds is 5. The van der Waals surface area contributed by atoms with Gasteiger partial charge in [0.05, 0.1) is 12.1 Å². The van der Waals surface area contributed by atoms with Gasteiger partial charge in [0.2, 0.25) is 11.8 Å². The summed E-state index contributed by atoms with van der Waals surface area (Å²) in [5.74, 6) is -0.489. The van der Waals surface area contributed by atoms with Crippen LogP contribution in [-0.2, 0) is 9.59 Å². The molecule has 6 nitrogen and oxygen atoms in total. The van der Waals surface area contributed by atoms with Gasteiger partial charge < -0.3 is 21.7 Å². The molecule has 98 valence electrons. The lowest BCUT2D eigenvalue weighted by Crippen LogP contribution is -2.51. The minimum absolute atomic E-state index is 0.0707.